The van der Waals surface area contributed by atoms with Crippen LogP contribution >= 0.6 is 0 Å². The normalized spacial score (nSPS) is 11.2. The molecule has 0 radical (unpaired) electrons. The van der Waals surface area contributed by atoms with E-state index in [1.165, 1.54) is 83.1 Å². The lowest BCUT2D eigenvalue weighted by atomic mass is 9.87. The van der Waals surface area contributed by atoms with E-state index in [-0.39, 0.29) is 134 Å². The third kappa shape index (κ3) is 13.6. The summed E-state index contributed by atoms with van der Waals surface area (Å²) in [4.78, 5) is 86.0. The van der Waals surface area contributed by atoms with Crippen LogP contribution in [0.25, 0.3) is 0 Å². The van der Waals surface area contributed by atoms with Gasteiger partial charge in [0.25, 0.3) is 0 Å². The number of benzene rings is 10. The number of phenolic OH excluding ortho intramolecular Hbond substituents is 8. The van der Waals surface area contributed by atoms with E-state index in [1.54, 1.807) is 27.7 Å². The zero-order chi connectivity index (χ0) is 76.8. The molecule has 0 aliphatic rings. The maximum Gasteiger partial charge on any atom is 0.347 e. The second-order valence-electron chi connectivity index (χ2n) is 26.3. The number of phenols is 8. The zero-order valence-corrected chi connectivity index (χ0v) is 60.9. The fraction of sp³-hybridized carbons (Fsp3) is 0.224. The third-order valence-electron chi connectivity index (χ3n) is 20.2. The smallest absolute Gasteiger partial charge is 0.347 e. The van der Waals surface area contributed by atoms with Crippen LogP contribution in [0.3, 0.4) is 0 Å². The molecule has 0 heterocycles. The number of carbonyl (C=O) groups is 6. The van der Waals surface area contributed by atoms with E-state index in [0.29, 0.717) is 33.4 Å². The molecule has 0 spiro atoms. The molecular weight excluding hydrogens is 1340 g/mol. The number of rotatable bonds is 18. The molecule has 20 heteroatoms. The fourth-order valence-corrected chi connectivity index (χ4v) is 13.3. The molecule has 540 valence electrons. The molecule has 0 bridgehead atoms. The molecule has 0 aliphatic carbocycles. The maximum atomic E-state index is 14.6. The Hall–Kier alpha value is -12.6. The molecule has 10 rings (SSSR count). The molecular formula is C85H80O20. The van der Waals surface area contributed by atoms with E-state index in [4.69, 9.17) is 28.4 Å². The average Bonchev–Trinajstić information content (AvgIpc) is 0.761. The van der Waals surface area contributed by atoms with Gasteiger partial charge in [-0.15, -0.1) is 0 Å². The summed E-state index contributed by atoms with van der Waals surface area (Å²) in [7, 11) is 0. The van der Waals surface area contributed by atoms with Gasteiger partial charge in [0.2, 0.25) is 0 Å². The highest BCUT2D eigenvalue weighted by Gasteiger charge is 2.37. The Morgan fingerprint density at radius 1 is 0.238 bits per heavy atom. The summed E-state index contributed by atoms with van der Waals surface area (Å²) in [5.74, 6) is -11.4. The highest BCUT2D eigenvalue weighted by atomic mass is 16.6. The highest BCUT2D eigenvalue weighted by Crippen LogP contribution is 2.48. The first-order valence-electron chi connectivity index (χ1n) is 33.5. The van der Waals surface area contributed by atoms with Crippen LogP contribution in [0.15, 0.2) is 121 Å². The molecule has 0 aliphatic heterocycles. The summed E-state index contributed by atoms with van der Waals surface area (Å²) < 4.78 is 36.0. The maximum absolute atomic E-state index is 14.6. The van der Waals surface area contributed by atoms with Crippen LogP contribution in [-0.4, -0.2) is 76.7 Å². The second-order valence-corrected chi connectivity index (χ2v) is 26.3. The predicted molar refractivity (Wildman–Crippen MR) is 391 cm³/mol. The largest absolute Gasteiger partial charge is 0.507 e. The number of aromatic hydroxyl groups is 8. The van der Waals surface area contributed by atoms with E-state index in [2.05, 4.69) is 0 Å². The molecule has 10 aromatic carbocycles. The van der Waals surface area contributed by atoms with Crippen LogP contribution in [0.1, 0.15) is 197 Å². The molecule has 0 fully saturated rings. The monoisotopic (exact) mass is 1420 g/mol. The quantitative estimate of drug-likeness (QED) is 0.0292. The van der Waals surface area contributed by atoms with E-state index >= 15 is 0 Å². The Labute approximate surface area is 606 Å². The lowest BCUT2D eigenvalue weighted by Crippen LogP contribution is -2.19. The highest BCUT2D eigenvalue weighted by molar-refractivity contribution is 6.03. The molecule has 105 heavy (non-hydrogen) atoms. The molecule has 0 aromatic heterocycles. The standard InChI is InChI=1S/C85H80O20/c1-38-42(5)76(50(13)70(90)60(38)80(94)100-74-44(7)40(3)62(72(92)52(74)15)82(96)104-78(54-29-21-17-22-30-54)55-31-23-18-24-32-55)102-84(98)64-46(9)58(66(86)48(11)68(64)88)37-59-47(10)65(69(89)49(12)67(59)87)85(99)103-77-43(6)39(2)61(71(91)51(77)14)81(95)101-75-45(8)41(4)63(73(93)53(75)16)83(97)105-79(56-33-25-19-26-34-56)57-35-27-20-28-36-57/h17-36,78-79,86-93H,37H2,1-16H3. The lowest BCUT2D eigenvalue weighted by Gasteiger charge is -2.23. The summed E-state index contributed by atoms with van der Waals surface area (Å²) in [6, 6.07) is 36.3. The van der Waals surface area contributed by atoms with Crippen molar-refractivity contribution in [3.63, 3.8) is 0 Å². The van der Waals surface area contributed by atoms with Crippen molar-refractivity contribution in [1.82, 2.24) is 0 Å². The van der Waals surface area contributed by atoms with Gasteiger partial charge in [0.05, 0.1) is 0 Å². The van der Waals surface area contributed by atoms with Crippen LogP contribution < -0.4 is 18.9 Å². The van der Waals surface area contributed by atoms with E-state index < -0.39 is 112 Å². The van der Waals surface area contributed by atoms with Gasteiger partial charge in [-0.1, -0.05) is 121 Å². The Kier molecular flexibility index (Phi) is 21.3. The number of hydrogen-bond acceptors (Lipinski definition) is 20. The molecule has 0 saturated carbocycles. The van der Waals surface area contributed by atoms with Gasteiger partial charge in [0.15, 0.2) is 12.2 Å². The lowest BCUT2D eigenvalue weighted by molar-refractivity contribution is 0.0364. The van der Waals surface area contributed by atoms with E-state index in [9.17, 15) is 69.6 Å². The van der Waals surface area contributed by atoms with Crippen molar-refractivity contribution in [3.8, 4) is 69.0 Å². The number of hydrogen-bond donors (Lipinski definition) is 8. The topological polar surface area (TPSA) is 320 Å². The van der Waals surface area contributed by atoms with Crippen LogP contribution in [0.5, 0.6) is 69.0 Å². The molecule has 0 saturated heterocycles. The van der Waals surface area contributed by atoms with Crippen molar-refractivity contribution in [3.05, 3.63) is 277 Å². The third-order valence-corrected chi connectivity index (χ3v) is 20.2. The number of esters is 6. The molecule has 8 N–H and O–H groups in total. The van der Waals surface area contributed by atoms with Gasteiger partial charge >= 0.3 is 35.8 Å². The molecule has 20 nitrogen and oxygen atoms in total. The number of ether oxygens (including phenoxy) is 6. The Bertz CT molecular complexity index is 4730. The average molecular weight is 1420 g/mol. The van der Waals surface area contributed by atoms with Crippen molar-refractivity contribution in [2.24, 2.45) is 0 Å². The number of carbonyl (C=O) groups excluding carboxylic acids is 6. The van der Waals surface area contributed by atoms with Crippen LogP contribution in [0.2, 0.25) is 0 Å². The van der Waals surface area contributed by atoms with Gasteiger partial charge in [0, 0.05) is 50.9 Å². The predicted octanol–water partition coefficient (Wildman–Crippen LogP) is 16.6. The Morgan fingerprint density at radius 3 is 0.648 bits per heavy atom. The minimum atomic E-state index is -1.18. The van der Waals surface area contributed by atoms with Crippen LogP contribution in [0, 0.1) is 111 Å². The summed E-state index contributed by atoms with van der Waals surface area (Å²) in [5.41, 5.74) is 1.90. The molecule has 0 atom stereocenters. The minimum Gasteiger partial charge on any atom is -0.507 e. The van der Waals surface area contributed by atoms with Gasteiger partial charge in [-0.3, -0.25) is 0 Å². The van der Waals surface area contributed by atoms with Gasteiger partial charge in [-0.25, -0.2) is 28.8 Å². The molecule has 0 amide bonds. The van der Waals surface area contributed by atoms with Gasteiger partial charge in [-0.05, 0) is 189 Å². The van der Waals surface area contributed by atoms with Crippen molar-refractivity contribution in [2.75, 3.05) is 0 Å². The van der Waals surface area contributed by atoms with Crippen molar-refractivity contribution in [2.45, 2.75) is 129 Å². The fourth-order valence-electron chi connectivity index (χ4n) is 13.3. The summed E-state index contributed by atoms with van der Waals surface area (Å²) in [5, 5.41) is 93.7. The molecule has 10 aromatic rings. The second kappa shape index (κ2) is 29.8. The Balaban J connectivity index is 0.885. The van der Waals surface area contributed by atoms with Crippen molar-refractivity contribution < 1.29 is 98.0 Å². The first-order valence-corrected chi connectivity index (χ1v) is 33.5. The minimum absolute atomic E-state index is 0.0222. The van der Waals surface area contributed by atoms with Gasteiger partial charge < -0.3 is 69.3 Å². The summed E-state index contributed by atoms with van der Waals surface area (Å²) >= 11 is 0. The Morgan fingerprint density at radius 2 is 0.429 bits per heavy atom. The van der Waals surface area contributed by atoms with Crippen molar-refractivity contribution >= 4 is 35.8 Å². The van der Waals surface area contributed by atoms with Gasteiger partial charge in [0.1, 0.15) is 102 Å². The van der Waals surface area contributed by atoms with Gasteiger partial charge in [-0.2, -0.15) is 0 Å². The summed E-state index contributed by atoms with van der Waals surface area (Å²) in [6.07, 6.45) is -2.12. The first-order chi connectivity index (χ1) is 49.6. The van der Waals surface area contributed by atoms with E-state index in [1.807, 2.05) is 121 Å². The molecule has 0 unspecified atom stereocenters. The van der Waals surface area contributed by atoms with E-state index in [0.717, 1.165) is 0 Å². The zero-order valence-electron chi connectivity index (χ0n) is 60.9. The van der Waals surface area contributed by atoms with Crippen LogP contribution in [0.4, 0.5) is 0 Å². The first kappa shape index (κ1) is 75.1. The van der Waals surface area contributed by atoms with Crippen molar-refractivity contribution in [1.29, 1.82) is 0 Å². The van der Waals surface area contributed by atoms with Crippen LogP contribution in [-0.2, 0) is 15.9 Å². The SMILES string of the molecule is Cc1c(O)c(Cc2c(C)c(C(=O)Oc3c(C)c(C)c(C(=O)Oc4c(C)c(C)c(C(=O)OC(c5ccccc5)c5ccccc5)c(O)c4C)c(O)c3C)c(O)c(C)c2O)c(C)c(C(=O)Oc2c(C)c(C)c(C(=O)Oc3c(C)c(C)c(C(=O)OC(c4ccccc4)c4ccccc4)c(O)c3C)c(O)c2C)c1O. The summed E-state index contributed by atoms with van der Waals surface area (Å²) in [6.45, 7) is 23.4.